The fourth-order valence-electron chi connectivity index (χ4n) is 8.70. The molecule has 3 heterocycles. The number of sulfone groups is 1. The maximum Gasteiger partial charge on any atom is 0.435 e. The van der Waals surface area contributed by atoms with Crippen LogP contribution in [0.2, 0.25) is 5.02 Å². The largest absolute Gasteiger partial charge is 0.481 e. The SMILES string of the molecule is C[C@@H]1c2c(C(F)(F)F)nn(CC(=O)N[C@@H](Cc3cc(F)cc(F)c3)c3nc(CCC(C)(C)S(C)(=O)=O)ccc3-c3ccc(Cl)c4c(N(C(=O)N(C)CCCC(=O)O)S(C)(=O)=O)nn(CC(F)(F)F)c34)c2C(F)(F)[C@@H]1C. The Hall–Kier alpha value is -6.03. The topological polar surface area (TPSA) is 207 Å². The second-order valence-corrected chi connectivity index (χ2v) is 23.9. The van der Waals surface area contributed by atoms with Gasteiger partial charge in [-0.1, -0.05) is 37.6 Å². The van der Waals surface area contributed by atoms with Crippen molar-refractivity contribution in [2.75, 3.05) is 30.4 Å². The maximum atomic E-state index is 15.8. The number of hydrogen-bond acceptors (Lipinski definition) is 10. The number of pyridine rings is 1. The van der Waals surface area contributed by atoms with Crippen molar-refractivity contribution in [3.05, 3.63) is 93.0 Å². The molecule has 2 N–H and O–H groups in total. The molecule has 0 spiro atoms. The molecule has 0 saturated carbocycles. The van der Waals surface area contributed by atoms with Crippen LogP contribution < -0.4 is 9.62 Å². The van der Waals surface area contributed by atoms with Crippen molar-refractivity contribution >= 4 is 66.1 Å². The Morgan fingerprint density at radius 2 is 1.53 bits per heavy atom. The van der Waals surface area contributed by atoms with Crippen molar-refractivity contribution in [1.82, 2.24) is 34.8 Å². The number of benzene rings is 2. The van der Waals surface area contributed by atoms with E-state index in [1.165, 1.54) is 26.0 Å². The van der Waals surface area contributed by atoms with Gasteiger partial charge in [-0.15, -0.1) is 0 Å². The summed E-state index contributed by atoms with van der Waals surface area (Å²) in [6.45, 7) is 1.27. The molecule has 16 nitrogen and oxygen atoms in total. The number of sulfonamides is 1. The van der Waals surface area contributed by atoms with E-state index in [4.69, 9.17) is 21.7 Å². The van der Waals surface area contributed by atoms with Crippen molar-refractivity contribution < 1.29 is 80.2 Å². The third-order valence-electron chi connectivity index (χ3n) is 13.0. The maximum absolute atomic E-state index is 15.8. The number of carboxylic acids is 1. The number of rotatable bonds is 18. The number of hydrogen-bond donors (Lipinski definition) is 2. The van der Waals surface area contributed by atoms with E-state index in [2.05, 4.69) is 15.5 Å². The minimum absolute atomic E-state index is 0.0342. The Morgan fingerprint density at radius 1 is 0.920 bits per heavy atom. The molecular weight excluding hydrogens is 1080 g/mol. The molecule has 0 radical (unpaired) electrons. The molecule has 0 bridgehead atoms. The minimum Gasteiger partial charge on any atom is -0.481 e. The number of alkyl halides is 8. The highest BCUT2D eigenvalue weighted by Gasteiger charge is 2.57. The lowest BCUT2D eigenvalue weighted by molar-refractivity contribution is -0.143. The third kappa shape index (κ3) is 12.5. The number of carbonyl (C=O) groups excluding carboxylic acids is 2. The summed E-state index contributed by atoms with van der Waals surface area (Å²) < 4.78 is 200. The summed E-state index contributed by atoms with van der Waals surface area (Å²) in [4.78, 5) is 44.9. The molecule has 0 saturated heterocycles. The molecule has 29 heteroatoms. The van der Waals surface area contributed by atoms with E-state index in [9.17, 15) is 66.3 Å². The molecule has 1 aliphatic rings. The van der Waals surface area contributed by atoms with Gasteiger partial charge in [-0.3, -0.25) is 23.9 Å². The highest BCUT2D eigenvalue weighted by molar-refractivity contribution is 7.93. The average molecular weight is 1130 g/mol. The van der Waals surface area contributed by atoms with Crippen LogP contribution in [-0.4, -0.2) is 106 Å². The quantitative estimate of drug-likeness (QED) is 0.0791. The van der Waals surface area contributed by atoms with Crippen LogP contribution in [0.3, 0.4) is 0 Å². The van der Waals surface area contributed by atoms with Gasteiger partial charge in [-0.25, -0.2) is 30.4 Å². The van der Waals surface area contributed by atoms with Crippen LogP contribution in [0, 0.1) is 17.6 Å². The van der Waals surface area contributed by atoms with Crippen LogP contribution in [0.5, 0.6) is 0 Å². The van der Waals surface area contributed by atoms with Gasteiger partial charge in [0, 0.05) is 60.6 Å². The lowest BCUT2D eigenvalue weighted by atomic mass is 9.93. The van der Waals surface area contributed by atoms with Crippen molar-refractivity contribution in [2.45, 2.75) is 108 Å². The number of anilines is 1. The van der Waals surface area contributed by atoms with E-state index in [0.717, 1.165) is 56.3 Å². The van der Waals surface area contributed by atoms with Gasteiger partial charge in [0.25, 0.3) is 5.92 Å². The number of nitrogens with zero attached hydrogens (tertiary/aromatic N) is 7. The van der Waals surface area contributed by atoms with Gasteiger partial charge in [0.05, 0.1) is 38.7 Å². The average Bonchev–Trinajstić information content (AvgIpc) is 3.87. The summed E-state index contributed by atoms with van der Waals surface area (Å²) in [5.74, 6) is -12.9. The molecule has 3 amide bonds. The van der Waals surface area contributed by atoms with E-state index < -0.39 is 161 Å². The number of urea groups is 1. The van der Waals surface area contributed by atoms with Crippen molar-refractivity contribution in [1.29, 1.82) is 0 Å². The van der Waals surface area contributed by atoms with E-state index in [1.807, 2.05) is 0 Å². The molecule has 1 aliphatic carbocycles. The van der Waals surface area contributed by atoms with Gasteiger partial charge < -0.3 is 15.3 Å². The molecule has 410 valence electrons. The number of amides is 3. The van der Waals surface area contributed by atoms with Crippen LogP contribution in [0.4, 0.5) is 54.5 Å². The first-order valence-corrected chi connectivity index (χ1v) is 26.7. The standard InChI is InChI=1S/C46H49ClF10N8O8S2/c1-23-24(2)45(53,54)40-35(23)39(46(55,56)57)60-63(40)21-33(66)59-32(19-25-17-26(48)20-27(49)18-25)37-29(11-10-28(58-37)14-15-43(3,4)74(6,70)71)30-12-13-31(47)36-38(30)64(22-44(50,51)52)61-41(36)65(75(7,72)73)42(69)62(5)16-8-9-34(67)68/h10-13,17-18,20,23-24,32H,8-9,14-16,19,21-22H2,1-7H3,(H,59,66)(H,67,68)/t23-,24+,32-/m0/s1. The number of halogens is 11. The number of nitrogens with one attached hydrogen (secondary N) is 1. The molecule has 0 aliphatic heterocycles. The van der Waals surface area contributed by atoms with Gasteiger partial charge in [0.15, 0.2) is 21.3 Å². The molecule has 2 aromatic carbocycles. The normalized spacial score (nSPS) is 16.5. The summed E-state index contributed by atoms with van der Waals surface area (Å²) in [7, 11) is -7.52. The lowest BCUT2D eigenvalue weighted by Crippen LogP contribution is -2.45. The first kappa shape index (κ1) is 58.2. The number of fused-ring (bicyclic) bond motifs is 2. The first-order chi connectivity index (χ1) is 34.3. The molecule has 3 aromatic heterocycles. The molecular formula is C46H49ClF10N8O8S2. The van der Waals surface area contributed by atoms with Crippen molar-refractivity contribution in [3.8, 4) is 11.1 Å². The zero-order valence-corrected chi connectivity index (χ0v) is 43.2. The zero-order chi connectivity index (χ0) is 56.3. The predicted molar refractivity (Wildman–Crippen MR) is 253 cm³/mol. The monoisotopic (exact) mass is 1130 g/mol. The van der Waals surface area contributed by atoms with Gasteiger partial charge in [-0.2, -0.15) is 49.6 Å². The first-order valence-electron chi connectivity index (χ1n) is 22.6. The van der Waals surface area contributed by atoms with E-state index in [0.29, 0.717) is 12.3 Å². The Kier molecular flexibility index (Phi) is 16.2. The van der Waals surface area contributed by atoms with E-state index >= 15 is 8.78 Å². The van der Waals surface area contributed by atoms with E-state index in [1.54, 1.807) is 0 Å². The fraction of sp³-hybridized carbons (Fsp3) is 0.478. The Morgan fingerprint density at radius 3 is 2.09 bits per heavy atom. The molecule has 0 fully saturated rings. The lowest BCUT2D eigenvalue weighted by Gasteiger charge is -2.25. The number of aliphatic carboxylic acids is 1. The Balaban J connectivity index is 1.63. The highest BCUT2D eigenvalue weighted by Crippen LogP contribution is 2.55. The highest BCUT2D eigenvalue weighted by atomic mass is 35.5. The summed E-state index contributed by atoms with van der Waals surface area (Å²) in [6, 6.07) is 3.70. The zero-order valence-electron chi connectivity index (χ0n) is 40.8. The van der Waals surface area contributed by atoms with Gasteiger partial charge in [0.1, 0.15) is 30.4 Å². The fourth-order valence-corrected chi connectivity index (χ4v) is 10.3. The van der Waals surface area contributed by atoms with Crippen LogP contribution >= 0.6 is 11.6 Å². The Labute approximate surface area is 428 Å². The Bertz CT molecular complexity index is 3270. The number of aromatic nitrogens is 5. The summed E-state index contributed by atoms with van der Waals surface area (Å²) >= 11 is 6.67. The summed E-state index contributed by atoms with van der Waals surface area (Å²) in [5, 5.41) is 17.9. The molecule has 6 rings (SSSR count). The smallest absolute Gasteiger partial charge is 0.435 e. The predicted octanol–water partition coefficient (Wildman–Crippen LogP) is 9.19. The summed E-state index contributed by atoms with van der Waals surface area (Å²) in [6.07, 6.45) is -10.6. The number of aryl methyl sites for hydroxylation is 1. The van der Waals surface area contributed by atoms with Gasteiger partial charge in [-0.05, 0) is 75.3 Å². The molecule has 5 aromatic rings. The van der Waals surface area contributed by atoms with Crippen LogP contribution in [0.15, 0.2) is 42.5 Å². The van der Waals surface area contributed by atoms with Crippen molar-refractivity contribution in [2.24, 2.45) is 5.92 Å². The third-order valence-corrected chi connectivity index (χ3v) is 16.5. The van der Waals surface area contributed by atoms with E-state index in [-0.39, 0.29) is 61.9 Å². The van der Waals surface area contributed by atoms with Gasteiger partial charge in [0.2, 0.25) is 15.9 Å². The second kappa shape index (κ2) is 20.8. The van der Waals surface area contributed by atoms with Crippen LogP contribution in [-0.2, 0) is 67.5 Å². The van der Waals surface area contributed by atoms with Crippen molar-refractivity contribution in [3.63, 3.8) is 0 Å². The number of carboxylic acid groups (broad SMARTS) is 1. The molecule has 0 unspecified atom stereocenters. The second-order valence-electron chi connectivity index (χ2n) is 19.0. The summed E-state index contributed by atoms with van der Waals surface area (Å²) in [5.41, 5.74) is -5.56. The number of carbonyl (C=O) groups is 3. The van der Waals surface area contributed by atoms with Crippen LogP contribution in [0.25, 0.3) is 22.0 Å². The minimum atomic E-state index is -5.26. The molecule has 75 heavy (non-hydrogen) atoms. The van der Waals surface area contributed by atoms with Crippen LogP contribution in [0.1, 0.15) is 92.8 Å². The van der Waals surface area contributed by atoms with Gasteiger partial charge >= 0.3 is 24.4 Å². The molecule has 3 atom stereocenters.